The Morgan fingerprint density at radius 1 is 1.00 bits per heavy atom. The van der Waals surface area contributed by atoms with Gasteiger partial charge in [-0.2, -0.15) is 5.26 Å². The predicted octanol–water partition coefficient (Wildman–Crippen LogP) is 3.85. The predicted molar refractivity (Wildman–Crippen MR) is 66.0 cm³/mol. The van der Waals surface area contributed by atoms with Gasteiger partial charge in [-0.3, -0.25) is 0 Å². The van der Waals surface area contributed by atoms with Gasteiger partial charge in [0.2, 0.25) is 0 Å². The Morgan fingerprint density at radius 2 is 1.60 bits per heavy atom. The molecule has 0 aliphatic heterocycles. The Hall–Kier alpha value is -2.20. The molecule has 0 spiro atoms. The summed E-state index contributed by atoms with van der Waals surface area (Å²) in [6.07, 6.45) is 0. The average molecular weight is 298 g/mol. The maximum atomic E-state index is 13.5. The summed E-state index contributed by atoms with van der Waals surface area (Å²) in [6, 6.07) is 5.98. The molecule has 2 aromatic carbocycles. The zero-order chi connectivity index (χ0) is 14.9. The molecule has 0 saturated heterocycles. The number of rotatable bonds is 2. The quantitative estimate of drug-likeness (QED) is 0.520. The molecule has 0 aliphatic rings. The van der Waals surface area contributed by atoms with Crippen molar-refractivity contribution in [3.63, 3.8) is 0 Å². The van der Waals surface area contributed by atoms with E-state index in [-0.39, 0.29) is 22.2 Å². The summed E-state index contributed by atoms with van der Waals surface area (Å²) in [5.74, 6) is -5.93. The number of nitrogens with zero attached hydrogens (tertiary/aromatic N) is 1. The molecule has 0 atom stereocenters. The van der Waals surface area contributed by atoms with Crippen molar-refractivity contribution in [2.24, 2.45) is 0 Å². The summed E-state index contributed by atoms with van der Waals surface area (Å²) in [5, 5.41) is 8.80. The minimum Gasteiger partial charge on any atom is -0.398 e. The molecule has 0 saturated carbocycles. The Bertz CT molecular complexity index is 699. The first-order valence-electron chi connectivity index (χ1n) is 5.24. The second-order valence-electron chi connectivity index (χ2n) is 3.76. The van der Waals surface area contributed by atoms with E-state index in [0.717, 1.165) is 0 Å². The fourth-order valence-corrected chi connectivity index (χ4v) is 2.38. The van der Waals surface area contributed by atoms with Crippen LogP contribution in [-0.4, -0.2) is 0 Å². The van der Waals surface area contributed by atoms with Crippen molar-refractivity contribution in [1.29, 1.82) is 5.26 Å². The topological polar surface area (TPSA) is 49.8 Å². The molecule has 0 aliphatic carbocycles. The molecule has 0 radical (unpaired) electrons. The molecule has 20 heavy (non-hydrogen) atoms. The van der Waals surface area contributed by atoms with Gasteiger partial charge in [-0.15, -0.1) is 0 Å². The lowest BCUT2D eigenvalue weighted by Gasteiger charge is -2.07. The van der Waals surface area contributed by atoms with E-state index in [2.05, 4.69) is 0 Å². The highest BCUT2D eigenvalue weighted by Gasteiger charge is 2.20. The van der Waals surface area contributed by atoms with E-state index in [0.29, 0.717) is 11.8 Å². The highest BCUT2D eigenvalue weighted by molar-refractivity contribution is 7.99. The maximum Gasteiger partial charge on any atom is 0.175 e. The van der Waals surface area contributed by atoms with Gasteiger partial charge in [-0.25, -0.2) is 17.6 Å². The SMILES string of the molecule is N#Cc1cc(Sc2c(F)c(F)cc(F)c2F)ccc1N. The van der Waals surface area contributed by atoms with Gasteiger partial charge < -0.3 is 5.73 Å². The van der Waals surface area contributed by atoms with Gasteiger partial charge in [0, 0.05) is 16.6 Å². The van der Waals surface area contributed by atoms with Crippen LogP contribution < -0.4 is 5.73 Å². The zero-order valence-corrected chi connectivity index (χ0v) is 10.6. The van der Waals surface area contributed by atoms with Crippen molar-refractivity contribution in [3.05, 3.63) is 53.1 Å². The molecule has 2 N–H and O–H groups in total. The first-order valence-corrected chi connectivity index (χ1v) is 6.06. The molecular weight excluding hydrogens is 292 g/mol. The molecule has 7 heteroatoms. The summed E-state index contributed by atoms with van der Waals surface area (Å²) in [4.78, 5) is -0.574. The molecule has 0 bridgehead atoms. The number of benzene rings is 2. The molecule has 102 valence electrons. The lowest BCUT2D eigenvalue weighted by atomic mass is 10.2. The van der Waals surface area contributed by atoms with Crippen molar-refractivity contribution < 1.29 is 17.6 Å². The van der Waals surface area contributed by atoms with Crippen LogP contribution in [0, 0.1) is 34.6 Å². The average Bonchev–Trinajstić information content (AvgIpc) is 2.43. The summed E-state index contributed by atoms with van der Waals surface area (Å²) in [6.45, 7) is 0. The summed E-state index contributed by atoms with van der Waals surface area (Å²) < 4.78 is 53.1. The largest absolute Gasteiger partial charge is 0.398 e. The zero-order valence-electron chi connectivity index (χ0n) is 9.75. The highest BCUT2D eigenvalue weighted by atomic mass is 32.2. The third kappa shape index (κ3) is 2.56. The van der Waals surface area contributed by atoms with Crippen LogP contribution in [0.3, 0.4) is 0 Å². The second kappa shape index (κ2) is 5.43. The fourth-order valence-electron chi connectivity index (χ4n) is 1.45. The molecule has 0 fully saturated rings. The van der Waals surface area contributed by atoms with Crippen molar-refractivity contribution in [3.8, 4) is 6.07 Å². The number of halogens is 4. The minimum absolute atomic E-state index is 0.104. The monoisotopic (exact) mass is 298 g/mol. The number of anilines is 1. The maximum absolute atomic E-state index is 13.5. The summed E-state index contributed by atoms with van der Waals surface area (Å²) >= 11 is 0.471. The molecule has 2 aromatic rings. The van der Waals surface area contributed by atoms with Crippen LogP contribution in [0.25, 0.3) is 0 Å². The van der Waals surface area contributed by atoms with E-state index in [4.69, 9.17) is 11.0 Å². The third-order valence-electron chi connectivity index (χ3n) is 2.44. The lowest BCUT2D eigenvalue weighted by Crippen LogP contribution is -1.97. The van der Waals surface area contributed by atoms with Crippen LogP contribution >= 0.6 is 11.8 Å². The van der Waals surface area contributed by atoms with Gasteiger partial charge in [-0.05, 0) is 18.2 Å². The molecule has 0 heterocycles. The fraction of sp³-hybridized carbons (Fsp3) is 0. The number of nitrogen functional groups attached to an aromatic ring is 1. The normalized spacial score (nSPS) is 10.3. The van der Waals surface area contributed by atoms with Gasteiger partial charge >= 0.3 is 0 Å². The van der Waals surface area contributed by atoms with Crippen molar-refractivity contribution in [2.75, 3.05) is 5.73 Å². The van der Waals surface area contributed by atoms with Crippen LogP contribution in [0.4, 0.5) is 23.2 Å². The number of nitriles is 1. The van der Waals surface area contributed by atoms with Crippen LogP contribution in [0.5, 0.6) is 0 Å². The van der Waals surface area contributed by atoms with Gasteiger partial charge in [0.15, 0.2) is 23.3 Å². The Labute approximate surface area is 115 Å². The van der Waals surface area contributed by atoms with E-state index < -0.39 is 28.2 Å². The van der Waals surface area contributed by atoms with E-state index in [1.165, 1.54) is 18.2 Å². The Morgan fingerprint density at radius 3 is 2.15 bits per heavy atom. The molecule has 0 amide bonds. The highest BCUT2D eigenvalue weighted by Crippen LogP contribution is 2.35. The molecule has 0 aromatic heterocycles. The van der Waals surface area contributed by atoms with Crippen LogP contribution in [0.2, 0.25) is 0 Å². The standard InChI is InChI=1S/C13H6F4N2S/c14-8-4-9(15)12(17)13(11(8)16)20-7-1-2-10(19)6(3-7)5-18/h1-4H,19H2. The van der Waals surface area contributed by atoms with Crippen molar-refractivity contribution >= 4 is 17.4 Å². The van der Waals surface area contributed by atoms with Gasteiger partial charge in [-0.1, -0.05) is 11.8 Å². The minimum atomic E-state index is -1.48. The first kappa shape index (κ1) is 14.2. The van der Waals surface area contributed by atoms with Gasteiger partial charge in [0.05, 0.1) is 10.5 Å². The molecule has 2 nitrogen and oxygen atoms in total. The molecular formula is C13H6F4N2S. The van der Waals surface area contributed by atoms with Crippen LogP contribution in [-0.2, 0) is 0 Å². The van der Waals surface area contributed by atoms with Crippen LogP contribution in [0.1, 0.15) is 5.56 Å². The van der Waals surface area contributed by atoms with E-state index in [9.17, 15) is 17.6 Å². The number of hydrogen-bond acceptors (Lipinski definition) is 3. The Kier molecular flexibility index (Phi) is 3.86. The molecule has 0 unspecified atom stereocenters. The smallest absolute Gasteiger partial charge is 0.175 e. The lowest BCUT2D eigenvalue weighted by molar-refractivity contribution is 0.426. The Balaban J connectivity index is 2.48. The number of nitrogens with two attached hydrogens (primary N) is 1. The van der Waals surface area contributed by atoms with E-state index in [1.807, 2.05) is 0 Å². The van der Waals surface area contributed by atoms with E-state index in [1.54, 1.807) is 6.07 Å². The van der Waals surface area contributed by atoms with Crippen molar-refractivity contribution in [2.45, 2.75) is 9.79 Å². The summed E-state index contributed by atoms with van der Waals surface area (Å²) in [5.41, 5.74) is 5.80. The molecule has 2 rings (SSSR count). The van der Waals surface area contributed by atoms with Gasteiger partial charge in [0.25, 0.3) is 0 Å². The van der Waals surface area contributed by atoms with Crippen molar-refractivity contribution in [1.82, 2.24) is 0 Å². The van der Waals surface area contributed by atoms with E-state index >= 15 is 0 Å². The number of hydrogen-bond donors (Lipinski definition) is 1. The first-order chi connectivity index (χ1) is 9.43. The van der Waals surface area contributed by atoms with Gasteiger partial charge in [0.1, 0.15) is 6.07 Å². The summed E-state index contributed by atoms with van der Waals surface area (Å²) in [7, 11) is 0. The van der Waals surface area contributed by atoms with Crippen LogP contribution in [0.15, 0.2) is 34.1 Å². The third-order valence-corrected chi connectivity index (χ3v) is 3.49. The second-order valence-corrected chi connectivity index (χ2v) is 4.84.